The predicted molar refractivity (Wildman–Crippen MR) is 54.7 cm³/mol. The lowest BCUT2D eigenvalue weighted by Crippen LogP contribution is -2.06. The minimum Gasteiger partial charge on any atom is -0.321 e. The van der Waals surface area contributed by atoms with Crippen molar-refractivity contribution < 1.29 is 4.79 Å². The maximum absolute atomic E-state index is 11.2. The molecule has 1 heterocycles. The number of nitrogens with one attached hydrogen (secondary N) is 1. The van der Waals surface area contributed by atoms with Gasteiger partial charge in [0.2, 0.25) is 5.56 Å². The Kier molecular flexibility index (Phi) is 1.93. The average molecular weight is 187 g/mol. The highest BCUT2D eigenvalue weighted by molar-refractivity contribution is 5.96. The lowest BCUT2D eigenvalue weighted by atomic mass is 10.1. The minimum atomic E-state index is -0.177. The van der Waals surface area contributed by atoms with E-state index in [-0.39, 0.29) is 5.56 Å². The van der Waals surface area contributed by atoms with Crippen LogP contribution in [0.5, 0.6) is 0 Å². The first-order chi connectivity index (χ1) is 6.72. The molecular formula is C11H9NO2. The van der Waals surface area contributed by atoms with Crippen LogP contribution in [0.15, 0.2) is 29.1 Å². The number of fused-ring (bicyclic) bond motifs is 1. The Morgan fingerprint density at radius 3 is 2.86 bits per heavy atom. The van der Waals surface area contributed by atoms with Crippen LogP contribution in [0.4, 0.5) is 0 Å². The number of pyridine rings is 1. The number of aromatic nitrogens is 1. The molecule has 0 spiro atoms. The second-order valence-electron chi connectivity index (χ2n) is 3.20. The molecule has 70 valence electrons. The van der Waals surface area contributed by atoms with E-state index in [0.717, 1.165) is 17.2 Å². The van der Waals surface area contributed by atoms with Crippen molar-refractivity contribution in [2.24, 2.45) is 0 Å². The molecule has 14 heavy (non-hydrogen) atoms. The van der Waals surface area contributed by atoms with E-state index < -0.39 is 0 Å². The summed E-state index contributed by atoms with van der Waals surface area (Å²) in [4.78, 5) is 24.6. The van der Waals surface area contributed by atoms with Crippen LogP contribution < -0.4 is 5.56 Å². The molecule has 1 N–H and O–H groups in total. The summed E-state index contributed by atoms with van der Waals surface area (Å²) in [6.45, 7) is 1.85. The first-order valence-electron chi connectivity index (χ1n) is 4.30. The zero-order valence-corrected chi connectivity index (χ0v) is 7.70. The molecule has 0 aliphatic rings. The number of aldehydes is 1. The van der Waals surface area contributed by atoms with Crippen LogP contribution in [0.1, 0.15) is 15.9 Å². The lowest BCUT2D eigenvalue weighted by molar-refractivity contribution is 0.112. The van der Waals surface area contributed by atoms with Gasteiger partial charge in [0, 0.05) is 17.0 Å². The molecule has 1 aromatic carbocycles. The van der Waals surface area contributed by atoms with E-state index in [1.807, 2.05) is 13.0 Å². The summed E-state index contributed by atoms with van der Waals surface area (Å²) in [7, 11) is 0. The molecule has 1 aromatic heterocycles. The molecule has 0 aliphatic heterocycles. The maximum Gasteiger partial charge on any atom is 0.248 e. The zero-order chi connectivity index (χ0) is 10.1. The van der Waals surface area contributed by atoms with Gasteiger partial charge >= 0.3 is 0 Å². The number of rotatable bonds is 1. The van der Waals surface area contributed by atoms with Crippen LogP contribution in [0.25, 0.3) is 10.9 Å². The second-order valence-corrected chi connectivity index (χ2v) is 3.20. The molecular weight excluding hydrogens is 178 g/mol. The highest BCUT2D eigenvalue weighted by Crippen LogP contribution is 2.16. The third-order valence-electron chi connectivity index (χ3n) is 2.24. The van der Waals surface area contributed by atoms with Crippen molar-refractivity contribution in [2.45, 2.75) is 6.92 Å². The summed E-state index contributed by atoms with van der Waals surface area (Å²) in [6, 6.07) is 6.90. The minimum absolute atomic E-state index is 0.177. The molecule has 0 bridgehead atoms. The summed E-state index contributed by atoms with van der Waals surface area (Å²) in [6.07, 6.45) is 0.748. The van der Waals surface area contributed by atoms with Gasteiger partial charge in [-0.15, -0.1) is 0 Å². The second kappa shape index (κ2) is 3.10. The first kappa shape index (κ1) is 8.69. The number of carbonyl (C=O) groups is 1. The van der Waals surface area contributed by atoms with Crippen molar-refractivity contribution in [3.05, 3.63) is 45.7 Å². The monoisotopic (exact) mass is 187 g/mol. The number of hydrogen-bond acceptors (Lipinski definition) is 2. The van der Waals surface area contributed by atoms with Crippen molar-refractivity contribution in [3.63, 3.8) is 0 Å². The third-order valence-corrected chi connectivity index (χ3v) is 2.24. The predicted octanol–water partition coefficient (Wildman–Crippen LogP) is 1.65. The van der Waals surface area contributed by atoms with Crippen molar-refractivity contribution >= 4 is 17.2 Å². The van der Waals surface area contributed by atoms with Gasteiger partial charge in [-0.25, -0.2) is 0 Å². The van der Waals surface area contributed by atoms with Crippen molar-refractivity contribution in [3.8, 4) is 0 Å². The van der Waals surface area contributed by atoms with E-state index in [1.165, 1.54) is 6.07 Å². The Bertz CT molecular complexity index is 555. The van der Waals surface area contributed by atoms with E-state index in [2.05, 4.69) is 4.98 Å². The number of hydrogen-bond donors (Lipinski definition) is 1. The average Bonchev–Trinajstić information content (AvgIpc) is 2.17. The number of carbonyl (C=O) groups excluding carboxylic acids is 1. The van der Waals surface area contributed by atoms with Crippen LogP contribution in [-0.2, 0) is 0 Å². The standard InChI is InChI=1S/C11H9NO2/c1-7-5-10(14)12-11-8(6-13)3-2-4-9(7)11/h2-6H,1H3,(H,12,14). The molecule has 3 nitrogen and oxygen atoms in total. The fourth-order valence-corrected chi connectivity index (χ4v) is 1.57. The quantitative estimate of drug-likeness (QED) is 0.690. The molecule has 0 aliphatic carbocycles. The summed E-state index contributed by atoms with van der Waals surface area (Å²) in [5.41, 5.74) is 1.84. The van der Waals surface area contributed by atoms with Gasteiger partial charge in [-0.2, -0.15) is 0 Å². The van der Waals surface area contributed by atoms with Gasteiger partial charge in [0.1, 0.15) is 0 Å². The maximum atomic E-state index is 11.2. The third kappa shape index (κ3) is 1.23. The topological polar surface area (TPSA) is 49.9 Å². The molecule has 0 amide bonds. The molecule has 0 fully saturated rings. The van der Waals surface area contributed by atoms with E-state index in [1.54, 1.807) is 12.1 Å². The van der Waals surface area contributed by atoms with Crippen molar-refractivity contribution in [2.75, 3.05) is 0 Å². The molecule has 0 atom stereocenters. The molecule has 2 rings (SSSR count). The zero-order valence-electron chi connectivity index (χ0n) is 7.70. The number of H-pyrrole nitrogens is 1. The van der Waals surface area contributed by atoms with Gasteiger partial charge in [-0.3, -0.25) is 9.59 Å². The molecule has 0 saturated heterocycles. The van der Waals surface area contributed by atoms with Crippen LogP contribution >= 0.6 is 0 Å². The van der Waals surface area contributed by atoms with Gasteiger partial charge < -0.3 is 4.98 Å². The SMILES string of the molecule is Cc1cc(=O)[nH]c2c(C=O)cccc12. The first-order valence-corrected chi connectivity index (χ1v) is 4.30. The van der Waals surface area contributed by atoms with Gasteiger partial charge in [-0.1, -0.05) is 12.1 Å². The van der Waals surface area contributed by atoms with E-state index in [4.69, 9.17) is 0 Å². The Morgan fingerprint density at radius 2 is 2.14 bits per heavy atom. The number of para-hydroxylation sites is 1. The van der Waals surface area contributed by atoms with Crippen molar-refractivity contribution in [1.82, 2.24) is 4.98 Å². The Morgan fingerprint density at radius 1 is 1.36 bits per heavy atom. The fourth-order valence-electron chi connectivity index (χ4n) is 1.57. The molecule has 0 radical (unpaired) electrons. The highest BCUT2D eigenvalue weighted by atomic mass is 16.1. The summed E-state index contributed by atoms with van der Waals surface area (Å²) >= 11 is 0. The Balaban J connectivity index is 3.00. The number of aryl methyl sites for hydroxylation is 1. The normalized spacial score (nSPS) is 10.4. The molecule has 3 heteroatoms. The summed E-state index contributed by atoms with van der Waals surface area (Å²) in [5, 5.41) is 0.911. The molecule has 0 saturated carbocycles. The molecule has 2 aromatic rings. The Labute approximate surface area is 80.4 Å². The van der Waals surface area contributed by atoms with E-state index in [0.29, 0.717) is 11.1 Å². The van der Waals surface area contributed by atoms with Gasteiger partial charge in [-0.05, 0) is 18.6 Å². The van der Waals surface area contributed by atoms with Crippen molar-refractivity contribution in [1.29, 1.82) is 0 Å². The smallest absolute Gasteiger partial charge is 0.248 e. The van der Waals surface area contributed by atoms with E-state index >= 15 is 0 Å². The largest absolute Gasteiger partial charge is 0.321 e. The Hall–Kier alpha value is -1.90. The van der Waals surface area contributed by atoms with Gasteiger partial charge in [0.15, 0.2) is 6.29 Å². The van der Waals surface area contributed by atoms with Gasteiger partial charge in [0.25, 0.3) is 0 Å². The molecule has 0 unspecified atom stereocenters. The van der Waals surface area contributed by atoms with E-state index in [9.17, 15) is 9.59 Å². The summed E-state index contributed by atoms with van der Waals surface area (Å²) < 4.78 is 0. The van der Waals surface area contributed by atoms with Crippen LogP contribution in [0.2, 0.25) is 0 Å². The number of aromatic amines is 1. The summed E-state index contributed by atoms with van der Waals surface area (Å²) in [5.74, 6) is 0. The van der Waals surface area contributed by atoms with Crippen LogP contribution in [0.3, 0.4) is 0 Å². The lowest BCUT2D eigenvalue weighted by Gasteiger charge is -2.02. The van der Waals surface area contributed by atoms with Crippen LogP contribution in [-0.4, -0.2) is 11.3 Å². The highest BCUT2D eigenvalue weighted by Gasteiger charge is 2.02. The van der Waals surface area contributed by atoms with Crippen LogP contribution in [0, 0.1) is 6.92 Å². The van der Waals surface area contributed by atoms with Gasteiger partial charge in [0.05, 0.1) is 5.52 Å². The number of benzene rings is 1. The fraction of sp³-hybridized carbons (Fsp3) is 0.0909.